The van der Waals surface area contributed by atoms with Crippen LogP contribution in [0.1, 0.15) is 20.3 Å². The van der Waals surface area contributed by atoms with Crippen molar-refractivity contribution in [1.82, 2.24) is 10.6 Å². The molecule has 0 radical (unpaired) electrons. The molecule has 0 saturated carbocycles. The Labute approximate surface area is 71.7 Å². The van der Waals surface area contributed by atoms with Gasteiger partial charge in [-0.25, -0.2) is 4.79 Å². The van der Waals surface area contributed by atoms with E-state index in [4.69, 9.17) is 5.73 Å². The van der Waals surface area contributed by atoms with Gasteiger partial charge in [-0.1, -0.05) is 0 Å². The van der Waals surface area contributed by atoms with Gasteiger partial charge in [0.15, 0.2) is 0 Å². The molecular formula is C7H15N3O2. The highest BCUT2D eigenvalue weighted by Crippen LogP contribution is 2.06. The van der Waals surface area contributed by atoms with Gasteiger partial charge in [-0.2, -0.15) is 0 Å². The Morgan fingerprint density at radius 3 is 2.25 bits per heavy atom. The summed E-state index contributed by atoms with van der Waals surface area (Å²) in [4.78, 5) is 21.4. The van der Waals surface area contributed by atoms with Crippen LogP contribution in [0.15, 0.2) is 0 Å². The summed E-state index contributed by atoms with van der Waals surface area (Å²) < 4.78 is 0. The molecule has 0 saturated heterocycles. The van der Waals surface area contributed by atoms with Crippen LogP contribution < -0.4 is 16.4 Å². The Hall–Kier alpha value is -1.26. The Morgan fingerprint density at radius 2 is 1.92 bits per heavy atom. The van der Waals surface area contributed by atoms with Gasteiger partial charge >= 0.3 is 6.03 Å². The summed E-state index contributed by atoms with van der Waals surface area (Å²) in [6, 6.07) is -0.318. The number of hydrogen-bond donors (Lipinski definition) is 3. The van der Waals surface area contributed by atoms with E-state index in [1.165, 1.54) is 7.05 Å². The molecule has 3 amide bonds. The molecule has 5 heteroatoms. The number of amides is 3. The fourth-order valence-electron chi connectivity index (χ4n) is 0.850. The molecule has 0 aromatic rings. The van der Waals surface area contributed by atoms with E-state index in [-0.39, 0.29) is 12.5 Å². The molecule has 0 aliphatic heterocycles. The number of carbonyl (C=O) groups excluding carboxylic acids is 2. The van der Waals surface area contributed by atoms with Crippen molar-refractivity contribution in [3.05, 3.63) is 0 Å². The van der Waals surface area contributed by atoms with Gasteiger partial charge in [0.2, 0.25) is 5.91 Å². The zero-order chi connectivity index (χ0) is 9.78. The third-order valence-electron chi connectivity index (χ3n) is 1.30. The monoisotopic (exact) mass is 173 g/mol. The van der Waals surface area contributed by atoms with Crippen molar-refractivity contribution in [2.24, 2.45) is 5.73 Å². The van der Waals surface area contributed by atoms with E-state index in [9.17, 15) is 9.59 Å². The zero-order valence-corrected chi connectivity index (χ0v) is 7.60. The normalized spacial score (nSPS) is 10.6. The van der Waals surface area contributed by atoms with Gasteiger partial charge in [-0.3, -0.25) is 4.79 Å². The summed E-state index contributed by atoms with van der Waals surface area (Å²) in [5.74, 6) is -0.434. The largest absolute Gasteiger partial charge is 0.370 e. The third kappa shape index (κ3) is 4.54. The van der Waals surface area contributed by atoms with Crippen molar-refractivity contribution >= 4 is 11.9 Å². The predicted molar refractivity (Wildman–Crippen MR) is 45.5 cm³/mol. The van der Waals surface area contributed by atoms with Crippen LogP contribution in [-0.4, -0.2) is 24.5 Å². The second-order valence-corrected chi connectivity index (χ2v) is 3.23. The average Bonchev–Trinajstić information content (AvgIpc) is 1.83. The second kappa shape index (κ2) is 3.94. The number of primary amides is 1. The molecule has 0 heterocycles. The summed E-state index contributed by atoms with van der Waals surface area (Å²) >= 11 is 0. The molecule has 5 nitrogen and oxygen atoms in total. The smallest absolute Gasteiger partial charge is 0.314 e. The van der Waals surface area contributed by atoms with Crippen LogP contribution >= 0.6 is 0 Å². The fourth-order valence-corrected chi connectivity index (χ4v) is 0.850. The van der Waals surface area contributed by atoms with Gasteiger partial charge in [0.1, 0.15) is 0 Å². The minimum absolute atomic E-state index is 0.125. The Bertz CT molecular complexity index is 189. The molecule has 0 aromatic heterocycles. The summed E-state index contributed by atoms with van der Waals surface area (Å²) in [5.41, 5.74) is 4.39. The van der Waals surface area contributed by atoms with Gasteiger partial charge in [0, 0.05) is 19.0 Å². The van der Waals surface area contributed by atoms with E-state index in [0.717, 1.165) is 0 Å². The van der Waals surface area contributed by atoms with Crippen LogP contribution in [0.4, 0.5) is 4.79 Å². The summed E-state index contributed by atoms with van der Waals surface area (Å²) in [6.45, 7) is 3.46. The molecule has 0 bridgehead atoms. The molecular weight excluding hydrogens is 158 g/mol. The molecule has 0 aliphatic carbocycles. The van der Waals surface area contributed by atoms with Crippen LogP contribution in [-0.2, 0) is 4.79 Å². The number of urea groups is 1. The van der Waals surface area contributed by atoms with E-state index in [0.29, 0.717) is 0 Å². The van der Waals surface area contributed by atoms with E-state index in [1.807, 2.05) is 0 Å². The molecule has 0 spiro atoms. The quantitative estimate of drug-likeness (QED) is 0.541. The number of rotatable bonds is 3. The maximum atomic E-state index is 10.8. The first-order valence-electron chi connectivity index (χ1n) is 3.65. The van der Waals surface area contributed by atoms with Crippen LogP contribution in [0.25, 0.3) is 0 Å². The SMILES string of the molecule is CNC(=O)NC(C)(C)CC(N)=O. The number of nitrogens with two attached hydrogens (primary N) is 1. The first-order chi connectivity index (χ1) is 5.37. The van der Waals surface area contributed by atoms with Gasteiger partial charge in [0.05, 0.1) is 0 Å². The van der Waals surface area contributed by atoms with E-state index in [1.54, 1.807) is 13.8 Å². The lowest BCUT2D eigenvalue weighted by molar-refractivity contribution is -0.119. The lowest BCUT2D eigenvalue weighted by Gasteiger charge is -2.24. The van der Waals surface area contributed by atoms with Gasteiger partial charge < -0.3 is 16.4 Å². The minimum Gasteiger partial charge on any atom is -0.370 e. The molecule has 0 aromatic carbocycles. The first kappa shape index (κ1) is 10.7. The lowest BCUT2D eigenvalue weighted by Crippen LogP contribution is -2.49. The van der Waals surface area contributed by atoms with Crippen molar-refractivity contribution in [2.45, 2.75) is 25.8 Å². The molecule has 0 unspecified atom stereocenters. The summed E-state index contributed by atoms with van der Waals surface area (Å²) in [7, 11) is 1.51. The van der Waals surface area contributed by atoms with Crippen LogP contribution in [0.5, 0.6) is 0 Å². The molecule has 12 heavy (non-hydrogen) atoms. The predicted octanol–water partition coefficient (Wildman–Crippen LogP) is -0.431. The molecule has 4 N–H and O–H groups in total. The fraction of sp³-hybridized carbons (Fsp3) is 0.714. The van der Waals surface area contributed by atoms with E-state index in [2.05, 4.69) is 10.6 Å². The Morgan fingerprint density at radius 1 is 1.42 bits per heavy atom. The second-order valence-electron chi connectivity index (χ2n) is 3.23. The van der Waals surface area contributed by atoms with Crippen molar-refractivity contribution < 1.29 is 9.59 Å². The molecule has 70 valence electrons. The summed E-state index contributed by atoms with van der Waals surface area (Å²) in [6.07, 6.45) is 0.125. The van der Waals surface area contributed by atoms with Gasteiger partial charge in [0.25, 0.3) is 0 Å². The van der Waals surface area contributed by atoms with Crippen molar-refractivity contribution in [1.29, 1.82) is 0 Å². The molecule has 0 atom stereocenters. The molecule has 0 aliphatic rings. The topological polar surface area (TPSA) is 84.2 Å². The Kier molecular flexibility index (Phi) is 3.53. The number of nitrogens with one attached hydrogen (secondary N) is 2. The average molecular weight is 173 g/mol. The van der Waals surface area contributed by atoms with Gasteiger partial charge in [-0.05, 0) is 13.8 Å². The maximum absolute atomic E-state index is 10.8. The highest BCUT2D eigenvalue weighted by atomic mass is 16.2. The standard InChI is InChI=1S/C7H15N3O2/c1-7(2,4-5(8)11)10-6(12)9-3/h4H2,1-3H3,(H2,8,11)(H2,9,10,12). The highest BCUT2D eigenvalue weighted by molar-refractivity contribution is 5.78. The van der Waals surface area contributed by atoms with Crippen LogP contribution in [0.3, 0.4) is 0 Å². The van der Waals surface area contributed by atoms with Crippen LogP contribution in [0, 0.1) is 0 Å². The maximum Gasteiger partial charge on any atom is 0.314 e. The lowest BCUT2D eigenvalue weighted by atomic mass is 10.0. The number of carbonyl (C=O) groups is 2. The molecule has 0 fully saturated rings. The Balaban J connectivity index is 4.03. The minimum atomic E-state index is -0.591. The van der Waals surface area contributed by atoms with Crippen molar-refractivity contribution in [3.8, 4) is 0 Å². The van der Waals surface area contributed by atoms with E-state index >= 15 is 0 Å². The van der Waals surface area contributed by atoms with Gasteiger partial charge in [-0.15, -0.1) is 0 Å². The number of hydrogen-bond acceptors (Lipinski definition) is 2. The third-order valence-corrected chi connectivity index (χ3v) is 1.30. The molecule has 0 rings (SSSR count). The van der Waals surface area contributed by atoms with Crippen molar-refractivity contribution in [3.63, 3.8) is 0 Å². The van der Waals surface area contributed by atoms with Crippen molar-refractivity contribution in [2.75, 3.05) is 7.05 Å². The highest BCUT2D eigenvalue weighted by Gasteiger charge is 2.21. The van der Waals surface area contributed by atoms with Crippen LogP contribution in [0.2, 0.25) is 0 Å². The summed E-state index contributed by atoms with van der Waals surface area (Å²) in [5, 5.41) is 4.98. The zero-order valence-electron chi connectivity index (χ0n) is 7.60. The van der Waals surface area contributed by atoms with E-state index < -0.39 is 11.4 Å². The first-order valence-corrected chi connectivity index (χ1v) is 3.65.